The van der Waals surface area contributed by atoms with Gasteiger partial charge in [-0.3, -0.25) is 9.10 Å². The second-order valence-electron chi connectivity index (χ2n) is 9.35. The summed E-state index contributed by atoms with van der Waals surface area (Å²) in [7, 11) is -7.31. The molecular formula is C24H32N4O5S2. The molecule has 0 radical (unpaired) electrons. The van der Waals surface area contributed by atoms with Crippen molar-refractivity contribution < 1.29 is 21.6 Å². The smallest absolute Gasteiger partial charge is 0.255 e. The summed E-state index contributed by atoms with van der Waals surface area (Å²) in [6.45, 7) is 7.93. The minimum atomic E-state index is -3.78. The van der Waals surface area contributed by atoms with Crippen LogP contribution in [0.5, 0.6) is 0 Å². The first-order chi connectivity index (χ1) is 16.4. The Kier molecular flexibility index (Phi) is 6.85. The molecule has 3 heterocycles. The molecule has 11 heteroatoms. The maximum absolute atomic E-state index is 13.4. The van der Waals surface area contributed by atoms with Gasteiger partial charge in [-0.25, -0.2) is 21.8 Å². The van der Waals surface area contributed by atoms with Gasteiger partial charge in [0.25, 0.3) is 5.91 Å². The van der Waals surface area contributed by atoms with Crippen LogP contribution in [0.4, 0.5) is 11.5 Å². The van der Waals surface area contributed by atoms with Crippen molar-refractivity contribution in [3.8, 4) is 0 Å². The molecular weight excluding hydrogens is 488 g/mol. The Hall–Kier alpha value is -2.66. The van der Waals surface area contributed by atoms with Gasteiger partial charge in [-0.1, -0.05) is 13.0 Å². The maximum atomic E-state index is 13.4. The van der Waals surface area contributed by atoms with Gasteiger partial charge in [-0.05, 0) is 56.0 Å². The zero-order chi connectivity index (χ0) is 25.5. The predicted molar refractivity (Wildman–Crippen MR) is 136 cm³/mol. The molecule has 35 heavy (non-hydrogen) atoms. The van der Waals surface area contributed by atoms with Gasteiger partial charge in [0, 0.05) is 44.7 Å². The van der Waals surface area contributed by atoms with E-state index in [1.54, 1.807) is 11.0 Å². The summed E-state index contributed by atoms with van der Waals surface area (Å²) in [5.74, 6) is 0.544. The third kappa shape index (κ3) is 5.02. The number of nitrogens with zero attached hydrogens (tertiary/aromatic N) is 4. The highest BCUT2D eigenvalue weighted by Gasteiger charge is 2.37. The molecule has 2 aliphatic rings. The molecule has 1 atom stereocenters. The van der Waals surface area contributed by atoms with E-state index in [1.807, 2.05) is 27.0 Å². The van der Waals surface area contributed by atoms with Crippen molar-refractivity contribution in [3.05, 3.63) is 47.2 Å². The number of aromatic nitrogens is 1. The second kappa shape index (κ2) is 9.42. The highest BCUT2D eigenvalue weighted by molar-refractivity contribution is 7.93. The fourth-order valence-corrected chi connectivity index (χ4v) is 7.73. The third-order valence-electron chi connectivity index (χ3n) is 6.71. The van der Waals surface area contributed by atoms with Gasteiger partial charge in [0.2, 0.25) is 10.0 Å². The number of pyridine rings is 1. The largest absolute Gasteiger partial charge is 0.353 e. The van der Waals surface area contributed by atoms with E-state index in [-0.39, 0.29) is 33.8 Å². The molecule has 0 unspecified atom stereocenters. The van der Waals surface area contributed by atoms with E-state index in [0.717, 1.165) is 23.2 Å². The monoisotopic (exact) mass is 520 g/mol. The van der Waals surface area contributed by atoms with Crippen LogP contribution in [0.1, 0.15) is 41.3 Å². The Morgan fingerprint density at radius 2 is 1.80 bits per heavy atom. The molecule has 2 aliphatic heterocycles. The van der Waals surface area contributed by atoms with Gasteiger partial charge >= 0.3 is 0 Å². The number of piperazine rings is 1. The van der Waals surface area contributed by atoms with Crippen LogP contribution in [-0.4, -0.2) is 76.9 Å². The summed E-state index contributed by atoms with van der Waals surface area (Å²) in [5.41, 5.74) is 2.52. The number of sulfone groups is 1. The van der Waals surface area contributed by atoms with Gasteiger partial charge in [-0.2, -0.15) is 0 Å². The summed E-state index contributed by atoms with van der Waals surface area (Å²) in [6.07, 6.45) is 3.98. The van der Waals surface area contributed by atoms with Crippen molar-refractivity contribution in [1.82, 2.24) is 9.88 Å². The van der Waals surface area contributed by atoms with Crippen molar-refractivity contribution in [2.45, 2.75) is 44.6 Å². The molecule has 9 nitrogen and oxygen atoms in total. The topological polar surface area (TPSA) is 108 Å². The number of sulfonamides is 1. The van der Waals surface area contributed by atoms with Crippen LogP contribution in [0.3, 0.4) is 0 Å². The lowest BCUT2D eigenvalue weighted by molar-refractivity contribution is 0.0742. The molecule has 0 N–H and O–H groups in total. The number of carbonyl (C=O) groups excluding carboxylic acids is 1. The molecule has 2 fully saturated rings. The van der Waals surface area contributed by atoms with Crippen LogP contribution in [0.2, 0.25) is 0 Å². The lowest BCUT2D eigenvalue weighted by Crippen LogP contribution is -2.49. The van der Waals surface area contributed by atoms with Crippen LogP contribution in [0, 0.1) is 13.8 Å². The summed E-state index contributed by atoms with van der Waals surface area (Å²) >= 11 is 0. The predicted octanol–water partition coefficient (Wildman–Crippen LogP) is 2.38. The summed E-state index contributed by atoms with van der Waals surface area (Å²) < 4.78 is 51.9. The van der Waals surface area contributed by atoms with Crippen LogP contribution in [0.15, 0.2) is 35.4 Å². The number of carbonyl (C=O) groups is 1. The minimum absolute atomic E-state index is 0.0278. The van der Waals surface area contributed by atoms with Crippen LogP contribution < -0.4 is 9.21 Å². The molecule has 0 aliphatic carbocycles. The van der Waals surface area contributed by atoms with E-state index < -0.39 is 19.9 Å². The summed E-state index contributed by atoms with van der Waals surface area (Å²) in [5, 5.41) is 0. The molecule has 190 valence electrons. The number of hydrogen-bond acceptors (Lipinski definition) is 7. The van der Waals surface area contributed by atoms with Crippen molar-refractivity contribution in [3.63, 3.8) is 0 Å². The fraction of sp³-hybridized carbons (Fsp3) is 0.500. The molecule has 1 aromatic heterocycles. The van der Waals surface area contributed by atoms with Gasteiger partial charge in [0.15, 0.2) is 9.84 Å². The Morgan fingerprint density at radius 3 is 2.40 bits per heavy atom. The van der Waals surface area contributed by atoms with Gasteiger partial charge in [0.1, 0.15) is 5.82 Å². The second-order valence-corrected chi connectivity index (χ2v) is 13.3. The Labute approximate surface area is 207 Å². The summed E-state index contributed by atoms with van der Waals surface area (Å²) in [4.78, 5) is 21.6. The van der Waals surface area contributed by atoms with Crippen LogP contribution >= 0.6 is 0 Å². The molecule has 4 rings (SSSR count). The van der Waals surface area contributed by atoms with E-state index in [4.69, 9.17) is 0 Å². The normalized spacial score (nSPS) is 20.3. The highest BCUT2D eigenvalue weighted by atomic mass is 32.2. The van der Waals surface area contributed by atoms with Crippen LogP contribution in [-0.2, 0) is 19.9 Å². The van der Waals surface area contributed by atoms with E-state index in [9.17, 15) is 21.6 Å². The van der Waals surface area contributed by atoms with Crippen molar-refractivity contribution >= 4 is 37.3 Å². The Bertz CT molecular complexity index is 1350. The average molecular weight is 521 g/mol. The van der Waals surface area contributed by atoms with Crippen molar-refractivity contribution in [1.29, 1.82) is 0 Å². The lowest BCUT2D eigenvalue weighted by atomic mass is 10.1. The first kappa shape index (κ1) is 25.4. The molecule has 2 aromatic rings. The molecule has 1 amide bonds. The molecule has 0 bridgehead atoms. The first-order valence-corrected chi connectivity index (χ1v) is 15.3. The number of rotatable bonds is 5. The quantitative estimate of drug-likeness (QED) is 0.596. The minimum Gasteiger partial charge on any atom is -0.353 e. The van der Waals surface area contributed by atoms with E-state index in [0.29, 0.717) is 39.0 Å². The van der Waals surface area contributed by atoms with Crippen molar-refractivity contribution in [2.24, 2.45) is 0 Å². The Balaban J connectivity index is 1.59. The molecule has 1 aromatic carbocycles. The highest BCUT2D eigenvalue weighted by Crippen LogP contribution is 2.33. The van der Waals surface area contributed by atoms with Crippen LogP contribution in [0.25, 0.3) is 0 Å². The maximum Gasteiger partial charge on any atom is 0.255 e. The zero-order valence-electron chi connectivity index (χ0n) is 20.6. The van der Waals surface area contributed by atoms with E-state index in [1.165, 1.54) is 16.4 Å². The standard InChI is InChI=1S/C24H32N4O5S2/c1-5-19-8-13-35(32,33)28(19)20-6-7-21(22(15-20)34(4,30)31)24(29)27-11-9-26(10-12-27)23-18(3)14-17(2)16-25-23/h6-7,14-16,19H,5,8-13H2,1-4H3/t19-/m1/s1. The van der Waals surface area contributed by atoms with Gasteiger partial charge in [0.05, 0.1) is 21.9 Å². The van der Waals surface area contributed by atoms with E-state index >= 15 is 0 Å². The third-order valence-corrected chi connectivity index (χ3v) is 9.71. The number of benzene rings is 1. The summed E-state index contributed by atoms with van der Waals surface area (Å²) in [6, 6.07) is 6.18. The SMILES string of the molecule is CC[C@@H]1CCS(=O)(=O)N1c1ccc(C(=O)N2CCN(c3ncc(C)cc3C)CC2)c(S(C)(=O)=O)c1. The number of anilines is 2. The molecule has 0 spiro atoms. The average Bonchev–Trinajstić information content (AvgIpc) is 3.12. The lowest BCUT2D eigenvalue weighted by Gasteiger charge is -2.36. The molecule has 0 saturated carbocycles. The zero-order valence-corrected chi connectivity index (χ0v) is 22.2. The van der Waals surface area contributed by atoms with Crippen molar-refractivity contribution in [2.75, 3.05) is 47.4 Å². The fourth-order valence-electron chi connectivity index (χ4n) is 4.93. The van der Waals surface area contributed by atoms with E-state index in [2.05, 4.69) is 16.0 Å². The molecule has 2 saturated heterocycles. The van der Waals surface area contributed by atoms with Gasteiger partial charge < -0.3 is 9.80 Å². The first-order valence-electron chi connectivity index (χ1n) is 11.8. The van der Waals surface area contributed by atoms with Gasteiger partial charge in [-0.15, -0.1) is 0 Å². The Morgan fingerprint density at radius 1 is 1.11 bits per heavy atom. The number of hydrogen-bond donors (Lipinski definition) is 0. The number of amides is 1. The number of aryl methyl sites for hydroxylation is 2.